The van der Waals surface area contributed by atoms with Crippen molar-refractivity contribution in [2.24, 2.45) is 5.73 Å². The first kappa shape index (κ1) is 3.72. The molecule has 33 valence electrons. The van der Waals surface area contributed by atoms with Crippen LogP contribution in [0, 0.1) is 6.08 Å². The van der Waals surface area contributed by atoms with Crippen LogP contribution in [0.1, 0.15) is 19.3 Å². The number of hydrogen-bond acceptors (Lipinski definition) is 1. The summed E-state index contributed by atoms with van der Waals surface area (Å²) >= 11 is 0. The molecule has 0 aliphatic heterocycles. The monoisotopic (exact) mass is 82.1 g/mol. The molecule has 0 amide bonds. The van der Waals surface area contributed by atoms with Crippen LogP contribution in [0.15, 0.2) is 5.70 Å². The highest BCUT2D eigenvalue weighted by Gasteiger charge is 1.96. The van der Waals surface area contributed by atoms with Gasteiger partial charge in [-0.2, -0.15) is 0 Å². The maximum atomic E-state index is 5.34. The molecule has 6 heavy (non-hydrogen) atoms. The van der Waals surface area contributed by atoms with Crippen LogP contribution in [0.3, 0.4) is 0 Å². The molecule has 1 aliphatic carbocycles. The van der Waals surface area contributed by atoms with Crippen molar-refractivity contribution in [3.05, 3.63) is 11.8 Å². The Bertz CT molecular complexity index is 74.0. The summed E-state index contributed by atoms with van der Waals surface area (Å²) in [5.41, 5.74) is 6.29. The number of rotatable bonds is 0. The van der Waals surface area contributed by atoms with Crippen molar-refractivity contribution in [2.45, 2.75) is 19.3 Å². The van der Waals surface area contributed by atoms with Crippen molar-refractivity contribution in [3.63, 3.8) is 0 Å². The Balaban J connectivity index is 2.45. The van der Waals surface area contributed by atoms with Crippen LogP contribution >= 0.6 is 0 Å². The highest BCUT2D eigenvalue weighted by atomic mass is 14.6. The molecule has 0 aromatic carbocycles. The maximum Gasteiger partial charge on any atom is 0.0116 e. The predicted octanol–water partition coefficient (Wildman–Crippen LogP) is 0.816. The van der Waals surface area contributed by atoms with E-state index in [0.29, 0.717) is 0 Å². The molecule has 1 rings (SSSR count). The van der Waals surface area contributed by atoms with E-state index in [9.17, 15) is 0 Å². The van der Waals surface area contributed by atoms with Crippen molar-refractivity contribution in [3.8, 4) is 0 Å². The minimum Gasteiger partial charge on any atom is -0.402 e. The average Bonchev–Trinajstić information content (AvgIpc) is 1.86. The van der Waals surface area contributed by atoms with Crippen LogP contribution in [0.25, 0.3) is 0 Å². The maximum absolute atomic E-state index is 5.34. The molecule has 0 heterocycles. The van der Waals surface area contributed by atoms with Crippen molar-refractivity contribution in [1.82, 2.24) is 0 Å². The Morgan fingerprint density at radius 3 is 2.67 bits per heavy atom. The van der Waals surface area contributed by atoms with Gasteiger partial charge in [0.25, 0.3) is 0 Å². The highest BCUT2D eigenvalue weighted by molar-refractivity contribution is 4.95. The summed E-state index contributed by atoms with van der Waals surface area (Å²) in [5, 5.41) is 0. The molecule has 1 heteroatoms. The normalized spacial score (nSPS) is 21.0. The number of allylic oxidation sites excluding steroid dienone is 2. The first-order chi connectivity index (χ1) is 2.89. The second kappa shape index (κ2) is 1.33. The second-order valence-corrected chi connectivity index (χ2v) is 1.56. The lowest BCUT2D eigenvalue weighted by Gasteiger charge is -1.81. The van der Waals surface area contributed by atoms with E-state index in [4.69, 9.17) is 5.73 Å². The van der Waals surface area contributed by atoms with Gasteiger partial charge in [0.1, 0.15) is 0 Å². The zero-order valence-electron chi connectivity index (χ0n) is 3.70. The van der Waals surface area contributed by atoms with Gasteiger partial charge in [0, 0.05) is 5.70 Å². The molecule has 0 unspecified atom stereocenters. The van der Waals surface area contributed by atoms with Gasteiger partial charge in [0.05, 0.1) is 0 Å². The SMILES string of the molecule is NC1=[C]CCC1. The third-order valence-corrected chi connectivity index (χ3v) is 0.975. The molecule has 1 aliphatic rings. The molecular formula is C5H8N. The number of nitrogens with two attached hydrogens (primary N) is 1. The van der Waals surface area contributed by atoms with Gasteiger partial charge in [0.15, 0.2) is 0 Å². The summed E-state index contributed by atoms with van der Waals surface area (Å²) in [5.74, 6) is 0. The van der Waals surface area contributed by atoms with Crippen LogP contribution in [0.5, 0.6) is 0 Å². The number of hydrogen-bond donors (Lipinski definition) is 1. The fourth-order valence-corrected chi connectivity index (χ4v) is 0.616. The van der Waals surface area contributed by atoms with Crippen LogP contribution in [-0.2, 0) is 0 Å². The summed E-state index contributed by atoms with van der Waals surface area (Å²) in [4.78, 5) is 0. The summed E-state index contributed by atoms with van der Waals surface area (Å²) in [6.07, 6.45) is 6.37. The minimum atomic E-state index is 0.954. The molecule has 1 nitrogen and oxygen atoms in total. The Kier molecular flexibility index (Phi) is 0.825. The zero-order chi connectivity index (χ0) is 4.41. The lowest BCUT2D eigenvalue weighted by atomic mass is 10.3. The van der Waals surface area contributed by atoms with Crippen LogP contribution in [0.4, 0.5) is 0 Å². The average molecular weight is 82.1 g/mol. The second-order valence-electron chi connectivity index (χ2n) is 1.56. The molecule has 0 atom stereocenters. The van der Waals surface area contributed by atoms with E-state index in [2.05, 4.69) is 6.08 Å². The molecule has 0 saturated carbocycles. The van der Waals surface area contributed by atoms with Gasteiger partial charge in [-0.3, -0.25) is 0 Å². The molecule has 0 aromatic heterocycles. The van der Waals surface area contributed by atoms with Gasteiger partial charge in [-0.05, 0) is 25.3 Å². The van der Waals surface area contributed by atoms with Crippen molar-refractivity contribution < 1.29 is 0 Å². The Hall–Kier alpha value is -0.460. The van der Waals surface area contributed by atoms with Crippen molar-refractivity contribution in [2.75, 3.05) is 0 Å². The topological polar surface area (TPSA) is 26.0 Å². The lowest BCUT2D eigenvalue weighted by Crippen LogP contribution is -1.89. The molecule has 0 fully saturated rings. The summed E-state index contributed by atoms with van der Waals surface area (Å²) < 4.78 is 0. The van der Waals surface area contributed by atoms with E-state index in [1.165, 1.54) is 6.42 Å². The summed E-state index contributed by atoms with van der Waals surface area (Å²) in [6.45, 7) is 0. The smallest absolute Gasteiger partial charge is 0.0116 e. The largest absolute Gasteiger partial charge is 0.402 e. The lowest BCUT2D eigenvalue weighted by molar-refractivity contribution is 0.896. The van der Waals surface area contributed by atoms with Gasteiger partial charge in [-0.15, -0.1) is 0 Å². The van der Waals surface area contributed by atoms with Gasteiger partial charge >= 0.3 is 0 Å². The molecule has 2 N–H and O–H groups in total. The minimum absolute atomic E-state index is 0.954. The van der Waals surface area contributed by atoms with Gasteiger partial charge < -0.3 is 5.73 Å². The van der Waals surface area contributed by atoms with E-state index in [1.54, 1.807) is 0 Å². The van der Waals surface area contributed by atoms with Gasteiger partial charge in [0.2, 0.25) is 0 Å². The van der Waals surface area contributed by atoms with E-state index in [0.717, 1.165) is 18.5 Å². The Morgan fingerprint density at radius 2 is 2.50 bits per heavy atom. The first-order valence-corrected chi connectivity index (χ1v) is 2.25. The molecular weight excluding hydrogens is 74.1 g/mol. The van der Waals surface area contributed by atoms with Gasteiger partial charge in [-0.25, -0.2) is 0 Å². The van der Waals surface area contributed by atoms with E-state index < -0.39 is 0 Å². The van der Waals surface area contributed by atoms with Crippen LogP contribution in [0.2, 0.25) is 0 Å². The van der Waals surface area contributed by atoms with E-state index in [1.807, 2.05) is 0 Å². The van der Waals surface area contributed by atoms with Crippen molar-refractivity contribution in [1.29, 1.82) is 0 Å². The predicted molar refractivity (Wildman–Crippen MR) is 24.8 cm³/mol. The standard InChI is InChI=1S/C5H8N/c6-5-3-1-2-4-5/h1-3,6H2. The molecule has 0 saturated heterocycles. The quantitative estimate of drug-likeness (QED) is 0.460. The first-order valence-electron chi connectivity index (χ1n) is 2.25. The molecule has 0 spiro atoms. The molecule has 0 bridgehead atoms. The van der Waals surface area contributed by atoms with E-state index in [-0.39, 0.29) is 0 Å². The summed E-state index contributed by atoms with van der Waals surface area (Å²) in [7, 11) is 0. The third kappa shape index (κ3) is 0.534. The van der Waals surface area contributed by atoms with Crippen LogP contribution in [-0.4, -0.2) is 0 Å². The Morgan fingerprint density at radius 1 is 1.67 bits per heavy atom. The molecule has 1 radical (unpaired) electrons. The van der Waals surface area contributed by atoms with Gasteiger partial charge in [-0.1, -0.05) is 0 Å². The van der Waals surface area contributed by atoms with Crippen LogP contribution < -0.4 is 5.73 Å². The third-order valence-electron chi connectivity index (χ3n) is 0.975. The Labute approximate surface area is 37.8 Å². The zero-order valence-corrected chi connectivity index (χ0v) is 3.70. The fourth-order valence-electron chi connectivity index (χ4n) is 0.616. The fraction of sp³-hybridized carbons (Fsp3) is 0.600. The highest BCUT2D eigenvalue weighted by Crippen LogP contribution is 2.09. The molecule has 0 aromatic rings. The van der Waals surface area contributed by atoms with E-state index >= 15 is 0 Å². The van der Waals surface area contributed by atoms with Crippen molar-refractivity contribution >= 4 is 0 Å². The summed E-state index contributed by atoms with van der Waals surface area (Å²) in [6, 6.07) is 0.